The van der Waals surface area contributed by atoms with Crippen molar-refractivity contribution >= 4 is 39.1 Å². The molecular weight excluding hydrogens is 714 g/mol. The van der Waals surface area contributed by atoms with E-state index < -0.39 is 52.3 Å². The zero-order chi connectivity index (χ0) is 36.8. The maximum Gasteiger partial charge on any atom is 0.327 e. The van der Waals surface area contributed by atoms with E-state index in [0.29, 0.717) is 36.4 Å². The van der Waals surface area contributed by atoms with Gasteiger partial charge in [0, 0.05) is 55.3 Å². The zero-order valence-electron chi connectivity index (χ0n) is 29.7. The molecule has 52 heavy (non-hydrogen) atoms. The smallest absolute Gasteiger partial charge is 0.327 e. The van der Waals surface area contributed by atoms with Gasteiger partial charge in [0.15, 0.2) is 0 Å². The van der Waals surface area contributed by atoms with Gasteiger partial charge >= 0.3 is 6.03 Å². The Morgan fingerprint density at radius 1 is 1.13 bits per heavy atom. The standard InChI is InChI=1S/C38H47ClF2N4O6S/c1-22-19-52(48,44-37(47)42-30-17-28(30)35(40)41)43-36(46)24-7-11-34-31(16-24)45(18-25-6-9-27(25)33(50-3)13-12-32(22)49-2)20-38(21-51-34)14-4-5-23-15-26(39)8-10-29(23)38/h7-8,10-13,15-16,22,25,27-28,30,32-33,35H,4-6,9,14,17-21H2,1-3H3,(H2,42,43,44,46,47,48)/b13-12+/t22-,25+,27-,28+,30+,32+,33+,38+,52+/m1/s1. The van der Waals surface area contributed by atoms with Gasteiger partial charge in [-0.25, -0.2) is 17.8 Å². The molecule has 2 aromatic rings. The van der Waals surface area contributed by atoms with Crippen LogP contribution in [0.4, 0.5) is 19.3 Å². The fourth-order valence-corrected chi connectivity index (χ4v) is 10.7. The van der Waals surface area contributed by atoms with Crippen molar-refractivity contribution in [1.29, 1.82) is 0 Å². The first-order valence-corrected chi connectivity index (χ1v) is 20.2. The van der Waals surface area contributed by atoms with Gasteiger partial charge in [-0.2, -0.15) is 0 Å². The summed E-state index contributed by atoms with van der Waals surface area (Å²) < 4.78 is 65.8. The molecule has 2 aromatic carbocycles. The van der Waals surface area contributed by atoms with Crippen molar-refractivity contribution in [3.05, 3.63) is 70.3 Å². The van der Waals surface area contributed by atoms with Crippen LogP contribution in [0, 0.1) is 23.7 Å². The highest BCUT2D eigenvalue weighted by molar-refractivity contribution is 7.92. The Balaban J connectivity index is 1.28. The number of carbonyl (C=O) groups excluding carboxylic acids is 2. The van der Waals surface area contributed by atoms with Crippen molar-refractivity contribution in [3.8, 4) is 5.75 Å². The third kappa shape index (κ3) is 7.56. The van der Waals surface area contributed by atoms with Gasteiger partial charge in [0.1, 0.15) is 15.7 Å². The first-order valence-electron chi connectivity index (χ1n) is 18.1. The Kier molecular flexibility index (Phi) is 10.6. The van der Waals surface area contributed by atoms with Crippen LogP contribution in [-0.2, 0) is 31.2 Å². The van der Waals surface area contributed by atoms with E-state index in [-0.39, 0.29) is 35.2 Å². The number of hydrogen-bond donors (Lipinski definition) is 2. The molecule has 0 saturated heterocycles. The molecule has 5 aliphatic rings. The molecule has 0 radical (unpaired) electrons. The number of anilines is 1. The number of amides is 3. The number of aryl methyl sites for hydroxylation is 1. The average Bonchev–Trinajstić information content (AvgIpc) is 3.88. The number of nitrogens with zero attached hydrogens (tertiary/aromatic N) is 2. The quantitative estimate of drug-likeness (QED) is 0.332. The molecule has 1 spiro atoms. The maximum absolute atomic E-state index is 14.5. The first-order chi connectivity index (χ1) is 24.9. The molecule has 2 aliphatic heterocycles. The second kappa shape index (κ2) is 14.9. The number of urea groups is 1. The second-order valence-corrected chi connectivity index (χ2v) is 17.6. The van der Waals surface area contributed by atoms with Crippen molar-refractivity contribution in [1.82, 2.24) is 10.0 Å². The summed E-state index contributed by atoms with van der Waals surface area (Å²) in [5.74, 6) is -1.25. The highest BCUT2D eigenvalue weighted by atomic mass is 35.5. The topological polar surface area (TPSA) is 119 Å². The van der Waals surface area contributed by atoms with Gasteiger partial charge in [-0.15, -0.1) is 4.36 Å². The lowest BCUT2D eigenvalue weighted by Crippen LogP contribution is -2.49. The average molecular weight is 761 g/mol. The van der Waals surface area contributed by atoms with E-state index in [4.69, 9.17) is 25.8 Å². The van der Waals surface area contributed by atoms with Crippen LogP contribution in [0.15, 0.2) is 52.9 Å². The van der Waals surface area contributed by atoms with Crippen molar-refractivity contribution in [2.45, 2.75) is 75.5 Å². The molecule has 2 bridgehead atoms. The zero-order valence-corrected chi connectivity index (χ0v) is 31.3. The minimum atomic E-state index is -3.77. The van der Waals surface area contributed by atoms with Crippen LogP contribution in [-0.4, -0.2) is 80.5 Å². The van der Waals surface area contributed by atoms with Crippen LogP contribution in [0.25, 0.3) is 0 Å². The minimum Gasteiger partial charge on any atom is -0.490 e. The third-order valence-electron chi connectivity index (χ3n) is 11.7. The minimum absolute atomic E-state index is 0.117. The lowest BCUT2D eigenvalue weighted by Gasteiger charge is -2.46. The molecule has 3 aliphatic carbocycles. The van der Waals surface area contributed by atoms with Crippen molar-refractivity contribution < 1.29 is 36.8 Å². The Hall–Kier alpha value is -3.26. The van der Waals surface area contributed by atoms with Crippen molar-refractivity contribution in [2.24, 2.45) is 28.0 Å². The summed E-state index contributed by atoms with van der Waals surface area (Å²) in [4.78, 5) is 29.3. The van der Waals surface area contributed by atoms with Crippen molar-refractivity contribution in [3.63, 3.8) is 0 Å². The molecule has 7 rings (SSSR count). The molecule has 0 unspecified atom stereocenters. The molecule has 0 aromatic heterocycles. The molecule has 3 amide bonds. The van der Waals surface area contributed by atoms with Crippen LogP contribution in [0.1, 0.15) is 60.5 Å². The summed E-state index contributed by atoms with van der Waals surface area (Å²) in [6.45, 7) is 3.62. The van der Waals surface area contributed by atoms with Gasteiger partial charge in [-0.05, 0) is 97.7 Å². The van der Waals surface area contributed by atoms with Gasteiger partial charge in [-0.3, -0.25) is 9.52 Å². The Labute approximate surface area is 309 Å². The highest BCUT2D eigenvalue weighted by Gasteiger charge is 2.46. The number of halogens is 3. The predicted octanol–water partition coefficient (Wildman–Crippen LogP) is 6.55. The molecule has 2 N–H and O–H groups in total. The summed E-state index contributed by atoms with van der Waals surface area (Å²) >= 11 is 6.44. The van der Waals surface area contributed by atoms with Crippen LogP contribution in [0.2, 0.25) is 5.02 Å². The molecule has 2 saturated carbocycles. The van der Waals surface area contributed by atoms with Crippen molar-refractivity contribution in [2.75, 3.05) is 44.6 Å². The number of carbonyl (C=O) groups is 2. The fourth-order valence-electron chi connectivity index (χ4n) is 8.64. The summed E-state index contributed by atoms with van der Waals surface area (Å²) in [6, 6.07) is 9.58. The highest BCUT2D eigenvalue weighted by Crippen LogP contribution is 2.47. The van der Waals surface area contributed by atoms with Crippen LogP contribution < -0.4 is 19.7 Å². The summed E-state index contributed by atoms with van der Waals surface area (Å²) in [7, 11) is -0.526. The van der Waals surface area contributed by atoms with Gasteiger partial charge in [0.25, 0.3) is 5.91 Å². The molecule has 10 nitrogen and oxygen atoms in total. The monoisotopic (exact) mass is 760 g/mol. The predicted molar refractivity (Wildman–Crippen MR) is 196 cm³/mol. The van der Waals surface area contributed by atoms with Gasteiger partial charge < -0.3 is 24.4 Å². The SMILES string of the molecule is CO[C@H]1/C=C/[C@H](OC)[C@H](C)C[S@@](=O)(NC(=O)N[C@H]2C[C@@H]2C(F)F)=NC(=O)c2ccc3c(c2)N(C[C@@H]2CC[C@H]21)C[C@@]1(CCCc2cc(Cl)ccc21)CO3. The number of alkyl halides is 2. The number of fused-ring (bicyclic) bond motifs is 4. The van der Waals surface area contributed by atoms with E-state index in [9.17, 15) is 22.6 Å². The van der Waals surface area contributed by atoms with E-state index in [1.807, 2.05) is 18.2 Å². The van der Waals surface area contributed by atoms with Crippen LogP contribution >= 0.6 is 11.6 Å². The van der Waals surface area contributed by atoms with E-state index in [2.05, 4.69) is 31.4 Å². The Bertz CT molecular complexity index is 1850. The van der Waals surface area contributed by atoms with E-state index in [1.54, 1.807) is 32.2 Å². The molecule has 14 heteroatoms. The van der Waals surface area contributed by atoms with E-state index in [1.165, 1.54) is 18.2 Å². The third-order valence-corrected chi connectivity index (χ3v) is 13.9. The summed E-state index contributed by atoms with van der Waals surface area (Å²) in [6.07, 6.45) is 5.56. The molecule has 2 fully saturated rings. The van der Waals surface area contributed by atoms with E-state index >= 15 is 0 Å². The lowest BCUT2D eigenvalue weighted by molar-refractivity contribution is 0.0120. The first kappa shape index (κ1) is 37.1. The number of ether oxygens (including phenoxy) is 3. The fraction of sp³-hybridized carbons (Fsp3) is 0.579. The molecule has 2 heterocycles. The number of rotatable bonds is 5. The Morgan fingerprint density at radius 3 is 2.63 bits per heavy atom. The van der Waals surface area contributed by atoms with Gasteiger partial charge in [0.2, 0.25) is 6.43 Å². The normalized spacial score (nSPS) is 34.9. The molecule has 9 atom stereocenters. The lowest BCUT2D eigenvalue weighted by atomic mass is 9.68. The van der Waals surface area contributed by atoms with Gasteiger partial charge in [-0.1, -0.05) is 36.7 Å². The molecular formula is C38H47ClF2N4O6S. The maximum atomic E-state index is 14.5. The Morgan fingerprint density at radius 2 is 1.92 bits per heavy atom. The van der Waals surface area contributed by atoms with Crippen LogP contribution in [0.3, 0.4) is 0 Å². The summed E-state index contributed by atoms with van der Waals surface area (Å²) in [5.41, 5.74) is 3.08. The molecule has 282 valence electrons. The van der Waals surface area contributed by atoms with E-state index in [0.717, 1.165) is 37.8 Å². The number of hydrogen-bond acceptors (Lipinski definition) is 7. The number of nitrogens with one attached hydrogen (secondary N) is 2. The number of benzene rings is 2. The largest absolute Gasteiger partial charge is 0.490 e. The van der Waals surface area contributed by atoms with Gasteiger partial charge in [0.05, 0.1) is 30.3 Å². The summed E-state index contributed by atoms with van der Waals surface area (Å²) in [5, 5.41) is 3.18. The second-order valence-electron chi connectivity index (χ2n) is 15.2. The van der Waals surface area contributed by atoms with Crippen LogP contribution in [0.5, 0.6) is 5.75 Å². The number of methoxy groups -OCH3 is 2.